The van der Waals surface area contributed by atoms with Crippen LogP contribution in [-0.2, 0) is 0 Å². The summed E-state index contributed by atoms with van der Waals surface area (Å²) in [7, 11) is 0. The summed E-state index contributed by atoms with van der Waals surface area (Å²) >= 11 is 2.31. The van der Waals surface area contributed by atoms with Crippen molar-refractivity contribution in [3.63, 3.8) is 0 Å². The highest BCUT2D eigenvalue weighted by molar-refractivity contribution is 14.1. The van der Waals surface area contributed by atoms with Gasteiger partial charge in [0.2, 0.25) is 0 Å². The fraction of sp³-hybridized carbons (Fsp3) is 0.118. The molecule has 0 amide bonds. The smallest absolute Gasteiger partial charge is 0.0705 e. The van der Waals surface area contributed by atoms with Gasteiger partial charge in [0.1, 0.15) is 0 Å². The third kappa shape index (κ3) is 2.69. The lowest BCUT2D eigenvalue weighted by molar-refractivity contribution is 0.872. The predicted octanol–water partition coefficient (Wildman–Crippen LogP) is 4.20. The fourth-order valence-electron chi connectivity index (χ4n) is 2.33. The van der Waals surface area contributed by atoms with Gasteiger partial charge in [0, 0.05) is 14.7 Å². The molecule has 0 spiro atoms. The van der Waals surface area contributed by atoms with Crippen molar-refractivity contribution in [2.24, 2.45) is 5.73 Å². The lowest BCUT2D eigenvalue weighted by Gasteiger charge is -2.13. The molecule has 0 saturated heterocycles. The third-order valence-electron chi connectivity index (χ3n) is 3.42. The van der Waals surface area contributed by atoms with Crippen LogP contribution in [0.3, 0.4) is 0 Å². The molecule has 1 unspecified atom stereocenters. The van der Waals surface area contributed by atoms with Gasteiger partial charge >= 0.3 is 0 Å². The SMILES string of the molecule is Cc1ccc2cc(C(N)c3cccc(I)c3)ccc2n1. The zero-order valence-corrected chi connectivity index (χ0v) is 13.3. The standard InChI is InChI=1S/C17H15IN2/c1-11-5-6-12-9-14(7-8-16(12)20-11)17(19)13-3-2-4-15(18)10-13/h2-10,17H,19H2,1H3. The Labute approximate surface area is 132 Å². The van der Waals surface area contributed by atoms with Gasteiger partial charge in [-0.3, -0.25) is 4.98 Å². The first-order chi connectivity index (χ1) is 9.63. The second kappa shape index (κ2) is 5.50. The normalized spacial score (nSPS) is 12.6. The number of rotatable bonds is 2. The molecule has 2 N–H and O–H groups in total. The summed E-state index contributed by atoms with van der Waals surface area (Å²) in [5.74, 6) is 0. The van der Waals surface area contributed by atoms with Crippen molar-refractivity contribution in [2.75, 3.05) is 0 Å². The van der Waals surface area contributed by atoms with Crippen molar-refractivity contribution in [1.29, 1.82) is 0 Å². The molecule has 3 aromatic rings. The highest BCUT2D eigenvalue weighted by Crippen LogP contribution is 2.24. The Kier molecular flexibility index (Phi) is 3.72. The molecule has 2 nitrogen and oxygen atoms in total. The zero-order chi connectivity index (χ0) is 14.1. The summed E-state index contributed by atoms with van der Waals surface area (Å²) in [5, 5.41) is 1.13. The lowest BCUT2D eigenvalue weighted by Crippen LogP contribution is -2.11. The fourth-order valence-corrected chi connectivity index (χ4v) is 2.90. The average molecular weight is 374 g/mol. The summed E-state index contributed by atoms with van der Waals surface area (Å²) in [6.07, 6.45) is 0. The van der Waals surface area contributed by atoms with E-state index in [9.17, 15) is 0 Å². The molecule has 0 saturated carbocycles. The molecule has 100 valence electrons. The summed E-state index contributed by atoms with van der Waals surface area (Å²) < 4.78 is 1.20. The van der Waals surface area contributed by atoms with E-state index in [2.05, 4.69) is 64.0 Å². The van der Waals surface area contributed by atoms with Gasteiger partial charge in [0.15, 0.2) is 0 Å². The van der Waals surface area contributed by atoms with Crippen LogP contribution < -0.4 is 5.73 Å². The summed E-state index contributed by atoms with van der Waals surface area (Å²) in [5.41, 5.74) is 10.7. The van der Waals surface area contributed by atoms with E-state index < -0.39 is 0 Å². The van der Waals surface area contributed by atoms with Crippen LogP contribution in [0.5, 0.6) is 0 Å². The highest BCUT2D eigenvalue weighted by atomic mass is 127. The second-order valence-corrected chi connectivity index (χ2v) is 6.18. The molecule has 0 bridgehead atoms. The minimum atomic E-state index is -0.101. The number of aryl methyl sites for hydroxylation is 1. The molecular formula is C17H15IN2. The molecule has 3 heteroatoms. The van der Waals surface area contributed by atoms with Gasteiger partial charge in [-0.15, -0.1) is 0 Å². The first-order valence-corrected chi connectivity index (χ1v) is 7.60. The van der Waals surface area contributed by atoms with E-state index in [1.807, 2.05) is 25.1 Å². The van der Waals surface area contributed by atoms with Crippen LogP contribution in [-0.4, -0.2) is 4.98 Å². The van der Waals surface area contributed by atoms with Gasteiger partial charge in [-0.1, -0.05) is 24.3 Å². The van der Waals surface area contributed by atoms with Crippen molar-refractivity contribution in [2.45, 2.75) is 13.0 Å². The Bertz CT molecular complexity index is 768. The first kappa shape index (κ1) is 13.5. The van der Waals surface area contributed by atoms with Gasteiger partial charge in [0.05, 0.1) is 11.6 Å². The Balaban J connectivity index is 2.03. The maximum atomic E-state index is 6.38. The first-order valence-electron chi connectivity index (χ1n) is 6.52. The van der Waals surface area contributed by atoms with Crippen LogP contribution in [0.2, 0.25) is 0 Å². The molecule has 0 radical (unpaired) electrons. The molecule has 3 rings (SSSR count). The van der Waals surface area contributed by atoms with Crippen LogP contribution in [0, 0.1) is 10.5 Å². The molecule has 1 aromatic heterocycles. The van der Waals surface area contributed by atoms with Crippen LogP contribution in [0.4, 0.5) is 0 Å². The minimum Gasteiger partial charge on any atom is -0.320 e. The topological polar surface area (TPSA) is 38.9 Å². The van der Waals surface area contributed by atoms with Crippen molar-refractivity contribution < 1.29 is 0 Å². The van der Waals surface area contributed by atoms with Gasteiger partial charge in [-0.2, -0.15) is 0 Å². The van der Waals surface area contributed by atoms with Crippen LogP contribution >= 0.6 is 22.6 Å². The Morgan fingerprint density at radius 2 is 1.80 bits per heavy atom. The van der Waals surface area contributed by atoms with Crippen LogP contribution in [0.15, 0.2) is 54.6 Å². The van der Waals surface area contributed by atoms with E-state index in [1.54, 1.807) is 0 Å². The van der Waals surface area contributed by atoms with Crippen LogP contribution in [0.1, 0.15) is 22.9 Å². The van der Waals surface area contributed by atoms with Crippen molar-refractivity contribution in [3.8, 4) is 0 Å². The van der Waals surface area contributed by atoms with Gasteiger partial charge < -0.3 is 5.73 Å². The quantitative estimate of drug-likeness (QED) is 0.683. The number of halogens is 1. The maximum Gasteiger partial charge on any atom is 0.0705 e. The molecule has 0 fully saturated rings. The highest BCUT2D eigenvalue weighted by Gasteiger charge is 2.10. The molecule has 1 atom stereocenters. The van der Waals surface area contributed by atoms with E-state index >= 15 is 0 Å². The van der Waals surface area contributed by atoms with E-state index in [-0.39, 0.29) is 6.04 Å². The van der Waals surface area contributed by atoms with E-state index in [0.29, 0.717) is 0 Å². The number of hydrogen-bond acceptors (Lipinski definition) is 2. The minimum absolute atomic E-state index is 0.101. The number of fused-ring (bicyclic) bond motifs is 1. The monoisotopic (exact) mass is 374 g/mol. The van der Waals surface area contributed by atoms with Crippen LogP contribution in [0.25, 0.3) is 10.9 Å². The van der Waals surface area contributed by atoms with Gasteiger partial charge in [0.25, 0.3) is 0 Å². The van der Waals surface area contributed by atoms with Crippen molar-refractivity contribution in [1.82, 2.24) is 4.98 Å². The second-order valence-electron chi connectivity index (χ2n) is 4.94. The molecule has 1 heterocycles. The number of aromatic nitrogens is 1. The summed E-state index contributed by atoms with van der Waals surface area (Å²) in [4.78, 5) is 4.52. The van der Waals surface area contributed by atoms with Gasteiger partial charge in [-0.05, 0) is 71.0 Å². The number of nitrogens with two attached hydrogens (primary N) is 1. The Morgan fingerprint density at radius 1 is 1.00 bits per heavy atom. The van der Waals surface area contributed by atoms with E-state index in [0.717, 1.165) is 27.7 Å². The maximum absolute atomic E-state index is 6.38. The third-order valence-corrected chi connectivity index (χ3v) is 4.09. The Morgan fingerprint density at radius 3 is 2.60 bits per heavy atom. The molecule has 0 aliphatic heterocycles. The molecule has 0 aliphatic rings. The molecule has 20 heavy (non-hydrogen) atoms. The average Bonchev–Trinajstić information content (AvgIpc) is 2.46. The largest absolute Gasteiger partial charge is 0.320 e. The lowest BCUT2D eigenvalue weighted by atomic mass is 9.98. The molecular weight excluding hydrogens is 359 g/mol. The van der Waals surface area contributed by atoms with Gasteiger partial charge in [-0.25, -0.2) is 0 Å². The zero-order valence-electron chi connectivity index (χ0n) is 11.2. The molecule has 2 aromatic carbocycles. The number of nitrogens with zero attached hydrogens (tertiary/aromatic N) is 1. The Hall–Kier alpha value is -1.46. The summed E-state index contributed by atoms with van der Waals surface area (Å²) in [6, 6.07) is 18.6. The number of benzene rings is 2. The molecule has 0 aliphatic carbocycles. The number of pyridine rings is 1. The van der Waals surface area contributed by atoms with E-state index in [4.69, 9.17) is 5.73 Å². The predicted molar refractivity (Wildman–Crippen MR) is 91.7 cm³/mol. The van der Waals surface area contributed by atoms with Crippen molar-refractivity contribution >= 4 is 33.5 Å². The van der Waals surface area contributed by atoms with E-state index in [1.165, 1.54) is 3.57 Å². The van der Waals surface area contributed by atoms with Crippen molar-refractivity contribution in [3.05, 3.63) is 75.0 Å². The summed E-state index contributed by atoms with van der Waals surface area (Å²) in [6.45, 7) is 2.00. The number of hydrogen-bond donors (Lipinski definition) is 1.